The largest absolute Gasteiger partial charge is 0.381 e. The fourth-order valence-electron chi connectivity index (χ4n) is 5.41. The monoisotopic (exact) mass is 512 g/mol. The summed E-state index contributed by atoms with van der Waals surface area (Å²) >= 11 is 0. The summed E-state index contributed by atoms with van der Waals surface area (Å²) in [5, 5.41) is 7.10. The van der Waals surface area contributed by atoms with Crippen molar-refractivity contribution in [1.82, 2.24) is 14.5 Å². The van der Waals surface area contributed by atoms with Gasteiger partial charge >= 0.3 is 16.2 Å². The summed E-state index contributed by atoms with van der Waals surface area (Å²) in [5.41, 5.74) is 6.03. The number of nitrogens with one attached hydrogen (secondary N) is 2. The molecule has 0 bridgehead atoms. The molecular weight excluding hydrogens is 481 g/mol. The number of aryl methyl sites for hydroxylation is 2. The first-order valence-corrected chi connectivity index (χ1v) is 13.3. The first-order valence-electron chi connectivity index (χ1n) is 11.8. The molecule has 0 unspecified atom stereocenters. The van der Waals surface area contributed by atoms with Gasteiger partial charge in [-0.15, -0.1) is 0 Å². The van der Waals surface area contributed by atoms with E-state index < -0.39 is 16.2 Å². The average Bonchev–Trinajstić information content (AvgIpc) is 3.55. The molecule has 12 heteroatoms. The zero-order valence-corrected chi connectivity index (χ0v) is 23.2. The first kappa shape index (κ1) is 26.4. The molecule has 35 heavy (non-hydrogen) atoms. The zero-order valence-electron chi connectivity index (χ0n) is 20.4. The molecule has 1 fully saturated rings. The minimum Gasteiger partial charge on any atom is -0.381 e. The van der Waals surface area contributed by atoms with Gasteiger partial charge in [-0.1, -0.05) is 6.07 Å². The van der Waals surface area contributed by atoms with Gasteiger partial charge in [-0.3, -0.25) is 0 Å². The molecule has 2 N–H and O–H groups in total. The number of nitrogens with zero attached hydrogens (tertiary/aromatic N) is 3. The topological polar surface area (TPSA) is 115 Å². The van der Waals surface area contributed by atoms with Crippen molar-refractivity contribution in [2.45, 2.75) is 64.1 Å². The van der Waals surface area contributed by atoms with E-state index in [9.17, 15) is 13.2 Å². The number of hydrogen-bond donors (Lipinski definition) is 2. The van der Waals surface area contributed by atoms with Crippen LogP contribution in [0.2, 0.25) is 0 Å². The molecule has 2 heterocycles. The van der Waals surface area contributed by atoms with Crippen LogP contribution in [-0.4, -0.2) is 80.2 Å². The van der Waals surface area contributed by atoms with Crippen LogP contribution in [0.15, 0.2) is 18.5 Å². The number of carbonyl (C=O) groups is 1. The van der Waals surface area contributed by atoms with Crippen molar-refractivity contribution in [1.29, 1.82) is 0 Å². The van der Waals surface area contributed by atoms with Crippen molar-refractivity contribution >= 4 is 57.2 Å². The van der Waals surface area contributed by atoms with Crippen LogP contribution in [0, 0.1) is 0 Å². The third-order valence-electron chi connectivity index (χ3n) is 6.85. The van der Waals surface area contributed by atoms with E-state index in [2.05, 4.69) is 21.2 Å². The van der Waals surface area contributed by atoms with Crippen molar-refractivity contribution in [2.75, 3.05) is 29.9 Å². The van der Waals surface area contributed by atoms with Crippen LogP contribution in [-0.2, 0) is 52.1 Å². The Hall–Kier alpha value is -1.63. The minimum atomic E-state index is -4.20. The Morgan fingerprint density at radius 3 is 2.46 bits per heavy atom. The van der Waals surface area contributed by atoms with Crippen LogP contribution >= 0.6 is 0 Å². The van der Waals surface area contributed by atoms with Crippen molar-refractivity contribution in [3.05, 3.63) is 40.7 Å². The Balaban J connectivity index is 0.00000289. The van der Waals surface area contributed by atoms with Crippen LogP contribution in [0.1, 0.15) is 47.9 Å². The Morgan fingerprint density at radius 2 is 1.83 bits per heavy atom. The number of methoxy groups -OCH3 is 1. The quantitative estimate of drug-likeness (QED) is 0.550. The van der Waals surface area contributed by atoms with E-state index in [0.717, 1.165) is 55.3 Å². The molecule has 0 atom stereocenters. The molecule has 1 aliphatic heterocycles. The molecule has 2 aromatic rings. The molecule has 0 spiro atoms. The minimum absolute atomic E-state index is 0. The smallest absolute Gasteiger partial charge is 0.334 e. The molecule has 1 aromatic carbocycles. The fourth-order valence-corrected chi connectivity index (χ4v) is 6.77. The standard InChI is InChI=1S/C23H31N5O5S.Na/c1-32-15-27-14-19(13-24-27)28(18-8-10-33-11-9-18)34(30,31)26-23(29)25-22-20-6-2-4-16(20)12-17-5-3-7-21(17)22;/h12-14,18H,2-11,15H2,1H3,(H2,25,26,29);. The van der Waals surface area contributed by atoms with E-state index in [-0.39, 0.29) is 42.3 Å². The number of benzene rings is 1. The van der Waals surface area contributed by atoms with E-state index >= 15 is 0 Å². The molecule has 0 saturated carbocycles. The van der Waals surface area contributed by atoms with Gasteiger partial charge in [0.1, 0.15) is 6.73 Å². The van der Waals surface area contributed by atoms with E-state index in [4.69, 9.17) is 9.47 Å². The average molecular weight is 513 g/mol. The summed E-state index contributed by atoms with van der Waals surface area (Å²) in [5.74, 6) is 0. The Morgan fingerprint density at radius 1 is 1.17 bits per heavy atom. The van der Waals surface area contributed by atoms with Gasteiger partial charge in [0.05, 0.1) is 24.1 Å². The third kappa shape index (κ3) is 5.55. The van der Waals surface area contributed by atoms with Crippen LogP contribution in [0.5, 0.6) is 0 Å². The van der Waals surface area contributed by atoms with E-state index in [1.807, 2.05) is 0 Å². The predicted octanol–water partition coefficient (Wildman–Crippen LogP) is 2.14. The van der Waals surface area contributed by atoms with Crippen LogP contribution in [0.3, 0.4) is 0 Å². The van der Waals surface area contributed by atoms with Crippen molar-refractivity contribution in [3.8, 4) is 0 Å². The maximum atomic E-state index is 13.5. The number of rotatable bonds is 7. The molecule has 3 aliphatic rings. The number of amides is 2. The number of urea groups is 1. The van der Waals surface area contributed by atoms with Crippen molar-refractivity contribution < 1.29 is 22.7 Å². The normalized spacial score (nSPS) is 17.4. The fraction of sp³-hybridized carbons (Fsp3) is 0.565. The van der Waals surface area contributed by atoms with E-state index in [1.165, 1.54) is 33.4 Å². The molecule has 10 nitrogen and oxygen atoms in total. The van der Waals surface area contributed by atoms with Crippen molar-refractivity contribution in [2.24, 2.45) is 0 Å². The van der Waals surface area contributed by atoms with Gasteiger partial charge in [0, 0.05) is 55.6 Å². The maximum absolute atomic E-state index is 13.5. The van der Waals surface area contributed by atoms with Gasteiger partial charge < -0.3 is 14.8 Å². The second-order valence-electron chi connectivity index (χ2n) is 9.09. The van der Waals surface area contributed by atoms with Gasteiger partial charge in [0.25, 0.3) is 0 Å². The van der Waals surface area contributed by atoms with E-state index in [0.29, 0.717) is 31.7 Å². The number of anilines is 2. The van der Waals surface area contributed by atoms with Gasteiger partial charge in [-0.2, -0.15) is 13.5 Å². The number of ether oxygens (including phenoxy) is 2. The molecule has 2 aliphatic carbocycles. The first-order chi connectivity index (χ1) is 16.5. The van der Waals surface area contributed by atoms with Crippen LogP contribution in [0.25, 0.3) is 0 Å². The molecule has 1 radical (unpaired) electrons. The summed E-state index contributed by atoms with van der Waals surface area (Å²) in [6.45, 7) is 1.11. The molecule has 2 amide bonds. The zero-order chi connectivity index (χ0) is 23.7. The Kier molecular flexibility index (Phi) is 8.45. The summed E-state index contributed by atoms with van der Waals surface area (Å²) in [6, 6.07) is 1.19. The van der Waals surface area contributed by atoms with Crippen LogP contribution < -0.4 is 14.3 Å². The van der Waals surface area contributed by atoms with Gasteiger partial charge in [0.2, 0.25) is 0 Å². The van der Waals surface area contributed by atoms with Gasteiger partial charge in [-0.05, 0) is 73.6 Å². The molecule has 185 valence electrons. The van der Waals surface area contributed by atoms with Gasteiger partial charge in [0.15, 0.2) is 0 Å². The SMILES string of the molecule is COCn1cc(N(C2CCOCC2)S(=O)(=O)NC(=O)Nc2c3c(cc4c2CCC4)CCC3)cn1.[Na]. The summed E-state index contributed by atoms with van der Waals surface area (Å²) in [4.78, 5) is 13.1. The molecular formula is C23H31N5NaO5S. The maximum Gasteiger partial charge on any atom is 0.334 e. The Labute approximate surface area is 228 Å². The summed E-state index contributed by atoms with van der Waals surface area (Å²) < 4.78 is 42.6. The van der Waals surface area contributed by atoms with Crippen LogP contribution in [0.4, 0.5) is 16.2 Å². The predicted molar refractivity (Wildman–Crippen MR) is 133 cm³/mol. The number of hydrogen-bond acceptors (Lipinski definition) is 6. The molecule has 5 rings (SSSR count). The van der Waals surface area contributed by atoms with Gasteiger partial charge in [-0.25, -0.2) is 18.5 Å². The Bertz CT molecular complexity index is 1150. The van der Waals surface area contributed by atoms with E-state index in [1.54, 1.807) is 6.20 Å². The summed E-state index contributed by atoms with van der Waals surface area (Å²) in [6.07, 6.45) is 10.0. The molecule has 1 saturated heterocycles. The third-order valence-corrected chi connectivity index (χ3v) is 8.32. The second-order valence-corrected chi connectivity index (χ2v) is 10.6. The summed E-state index contributed by atoms with van der Waals surface area (Å²) in [7, 11) is -2.66. The number of fused-ring (bicyclic) bond motifs is 2. The number of carbonyl (C=O) groups excluding carboxylic acids is 1. The number of aromatic nitrogens is 2. The molecule has 1 aromatic heterocycles. The van der Waals surface area contributed by atoms with Crippen molar-refractivity contribution in [3.63, 3.8) is 0 Å². The second kappa shape index (κ2) is 11.2.